The molecule has 0 radical (unpaired) electrons. The number of nitrogens with one attached hydrogen (secondary N) is 1. The van der Waals surface area contributed by atoms with Crippen molar-refractivity contribution in [3.8, 4) is 0 Å². The average Bonchev–Trinajstić information content (AvgIpc) is 1.63. The molecule has 0 unspecified atom stereocenters. The van der Waals surface area contributed by atoms with Crippen molar-refractivity contribution in [1.29, 1.82) is 0 Å². The van der Waals surface area contributed by atoms with Crippen molar-refractivity contribution in [3.63, 3.8) is 0 Å². The number of Topliss-reactive ketones (excluding diaryl/α,β-unsaturated/α-hetero) is 1. The quantitative estimate of drug-likeness (QED) is 0.445. The molecule has 0 rings (SSSR count). The van der Waals surface area contributed by atoms with Crippen LogP contribution in [-0.2, 0) is 4.79 Å². The van der Waals surface area contributed by atoms with Gasteiger partial charge in [0.2, 0.25) is 0 Å². The van der Waals surface area contributed by atoms with E-state index in [2.05, 4.69) is 10.5 Å². The van der Waals surface area contributed by atoms with Crippen molar-refractivity contribution in [2.45, 2.75) is 20.3 Å². The molecule has 0 saturated heterocycles. The molecule has 52 valence electrons. The van der Waals surface area contributed by atoms with Gasteiger partial charge in [0.05, 0.1) is 0 Å². The number of carbonyl (C=O) groups is 1. The predicted molar refractivity (Wildman–Crippen MR) is 37.5 cm³/mol. The van der Waals surface area contributed by atoms with Crippen LogP contribution in [0.1, 0.15) is 20.3 Å². The number of hydrogen-bond donors (Lipinski definition) is 1. The van der Waals surface area contributed by atoms with E-state index in [0.717, 1.165) is 5.71 Å². The third-order valence-corrected chi connectivity index (χ3v) is 0.807. The van der Waals surface area contributed by atoms with Crippen LogP contribution in [-0.4, -0.2) is 18.5 Å². The Morgan fingerprint density at radius 3 is 2.44 bits per heavy atom. The van der Waals surface area contributed by atoms with E-state index in [0.29, 0.717) is 6.42 Å². The van der Waals surface area contributed by atoms with Gasteiger partial charge < -0.3 is 5.43 Å². The fourth-order valence-corrected chi connectivity index (χ4v) is 0.591. The topological polar surface area (TPSA) is 41.5 Å². The fourth-order valence-electron chi connectivity index (χ4n) is 0.591. The second-order valence-electron chi connectivity index (χ2n) is 1.95. The van der Waals surface area contributed by atoms with Crippen molar-refractivity contribution in [2.24, 2.45) is 5.10 Å². The minimum absolute atomic E-state index is 0.145. The van der Waals surface area contributed by atoms with E-state index < -0.39 is 0 Å². The lowest BCUT2D eigenvalue weighted by molar-refractivity contribution is -0.115. The highest BCUT2D eigenvalue weighted by Gasteiger charge is 1.94. The van der Waals surface area contributed by atoms with Gasteiger partial charge in [-0.1, -0.05) is 0 Å². The first kappa shape index (κ1) is 8.14. The van der Waals surface area contributed by atoms with Crippen LogP contribution >= 0.6 is 0 Å². The Morgan fingerprint density at radius 2 is 2.11 bits per heavy atom. The molecule has 0 aromatic rings. The van der Waals surface area contributed by atoms with Gasteiger partial charge in [-0.05, 0) is 13.8 Å². The van der Waals surface area contributed by atoms with Crippen LogP contribution in [0.5, 0.6) is 0 Å². The van der Waals surface area contributed by atoms with Crippen LogP contribution in [0.15, 0.2) is 5.10 Å². The summed E-state index contributed by atoms with van der Waals surface area (Å²) in [5, 5.41) is 3.81. The van der Waals surface area contributed by atoms with Gasteiger partial charge in [-0.25, -0.2) is 0 Å². The smallest absolute Gasteiger partial charge is 0.135 e. The number of carbonyl (C=O) groups excluding carboxylic acids is 1. The lowest BCUT2D eigenvalue weighted by atomic mass is 10.2. The predicted octanol–water partition coefficient (Wildman–Crippen LogP) is 0.561. The van der Waals surface area contributed by atoms with Crippen LogP contribution in [0.3, 0.4) is 0 Å². The number of rotatable bonds is 3. The van der Waals surface area contributed by atoms with Crippen LogP contribution in [0.4, 0.5) is 0 Å². The first-order valence-corrected chi connectivity index (χ1v) is 2.86. The van der Waals surface area contributed by atoms with Crippen molar-refractivity contribution < 1.29 is 4.79 Å². The molecule has 0 amide bonds. The van der Waals surface area contributed by atoms with E-state index in [-0.39, 0.29) is 5.78 Å². The second-order valence-corrected chi connectivity index (χ2v) is 1.95. The maximum absolute atomic E-state index is 10.4. The largest absolute Gasteiger partial charge is 0.313 e. The Hall–Kier alpha value is -0.860. The molecule has 0 atom stereocenters. The highest BCUT2D eigenvalue weighted by Crippen LogP contribution is 1.84. The molecule has 0 bridgehead atoms. The van der Waals surface area contributed by atoms with Gasteiger partial charge >= 0.3 is 0 Å². The Kier molecular flexibility index (Phi) is 3.67. The van der Waals surface area contributed by atoms with E-state index in [9.17, 15) is 4.79 Å². The molecule has 0 aromatic heterocycles. The normalized spacial score (nSPS) is 11.2. The first-order valence-electron chi connectivity index (χ1n) is 2.86. The van der Waals surface area contributed by atoms with Crippen molar-refractivity contribution >= 4 is 11.5 Å². The van der Waals surface area contributed by atoms with Crippen LogP contribution in [0.2, 0.25) is 0 Å². The van der Waals surface area contributed by atoms with Crippen LogP contribution in [0.25, 0.3) is 0 Å². The zero-order valence-corrected chi connectivity index (χ0v) is 6.06. The summed E-state index contributed by atoms with van der Waals surface area (Å²) in [5.74, 6) is 0.145. The third kappa shape index (κ3) is 5.00. The second kappa shape index (κ2) is 4.06. The number of nitrogens with zero attached hydrogens (tertiary/aromatic N) is 1. The molecule has 0 aliphatic carbocycles. The van der Waals surface area contributed by atoms with Gasteiger partial charge in [0, 0.05) is 19.2 Å². The van der Waals surface area contributed by atoms with E-state index in [1.807, 2.05) is 6.92 Å². The molecule has 0 fully saturated rings. The summed E-state index contributed by atoms with van der Waals surface area (Å²) in [6.45, 7) is 3.37. The molecular weight excluding hydrogens is 116 g/mol. The average molecular weight is 128 g/mol. The Labute approximate surface area is 55.1 Å². The van der Waals surface area contributed by atoms with Crippen molar-refractivity contribution in [3.05, 3.63) is 0 Å². The van der Waals surface area contributed by atoms with Gasteiger partial charge in [0.25, 0.3) is 0 Å². The summed E-state index contributed by atoms with van der Waals surface area (Å²) < 4.78 is 0. The molecule has 3 heteroatoms. The minimum Gasteiger partial charge on any atom is -0.313 e. The summed E-state index contributed by atoms with van der Waals surface area (Å²) >= 11 is 0. The van der Waals surface area contributed by atoms with E-state index >= 15 is 0 Å². The monoisotopic (exact) mass is 128 g/mol. The summed E-state index contributed by atoms with van der Waals surface area (Å²) in [6, 6.07) is 0. The summed E-state index contributed by atoms with van der Waals surface area (Å²) in [7, 11) is 1.71. The minimum atomic E-state index is 0.145. The maximum atomic E-state index is 10.4. The Bertz CT molecular complexity index is 129. The van der Waals surface area contributed by atoms with Crippen molar-refractivity contribution in [1.82, 2.24) is 5.43 Å². The maximum Gasteiger partial charge on any atom is 0.135 e. The van der Waals surface area contributed by atoms with Gasteiger partial charge in [0.15, 0.2) is 0 Å². The molecule has 3 nitrogen and oxygen atoms in total. The standard InChI is InChI=1S/C6H12N2O/c1-5(8-7-3)4-6(2)9/h7H,4H2,1-3H3. The zero-order chi connectivity index (χ0) is 7.28. The van der Waals surface area contributed by atoms with E-state index in [1.54, 1.807) is 14.0 Å². The highest BCUT2D eigenvalue weighted by molar-refractivity contribution is 5.99. The molecule has 0 saturated carbocycles. The zero-order valence-electron chi connectivity index (χ0n) is 6.06. The molecular formula is C6H12N2O. The van der Waals surface area contributed by atoms with Gasteiger partial charge in [-0.3, -0.25) is 4.79 Å². The number of ketones is 1. The molecule has 0 aliphatic rings. The molecule has 1 N–H and O–H groups in total. The van der Waals surface area contributed by atoms with Crippen LogP contribution < -0.4 is 5.43 Å². The highest BCUT2D eigenvalue weighted by atomic mass is 16.1. The SMILES string of the molecule is CNN=C(C)CC(C)=O. The summed E-state index contributed by atoms with van der Waals surface area (Å²) in [4.78, 5) is 10.4. The van der Waals surface area contributed by atoms with Crippen LogP contribution in [0, 0.1) is 0 Å². The lowest BCUT2D eigenvalue weighted by Gasteiger charge is -1.93. The molecule has 0 heterocycles. The molecule has 9 heavy (non-hydrogen) atoms. The van der Waals surface area contributed by atoms with Gasteiger partial charge in [-0.15, -0.1) is 0 Å². The Balaban J connectivity index is 3.62. The van der Waals surface area contributed by atoms with Gasteiger partial charge in [-0.2, -0.15) is 5.10 Å². The molecule has 0 aromatic carbocycles. The summed E-state index contributed by atoms with van der Waals surface area (Å²) in [6.07, 6.45) is 0.445. The lowest BCUT2D eigenvalue weighted by Crippen LogP contribution is -2.05. The number of hydrazone groups is 1. The van der Waals surface area contributed by atoms with E-state index in [1.165, 1.54) is 0 Å². The number of hydrogen-bond acceptors (Lipinski definition) is 3. The first-order chi connectivity index (χ1) is 4.16. The molecule has 0 aliphatic heterocycles. The third-order valence-electron chi connectivity index (χ3n) is 0.807. The van der Waals surface area contributed by atoms with E-state index in [4.69, 9.17) is 0 Å². The van der Waals surface area contributed by atoms with Gasteiger partial charge in [0.1, 0.15) is 5.78 Å². The molecule has 0 spiro atoms. The van der Waals surface area contributed by atoms with Crippen molar-refractivity contribution in [2.75, 3.05) is 7.05 Å². The fraction of sp³-hybridized carbons (Fsp3) is 0.667. The Morgan fingerprint density at radius 1 is 1.56 bits per heavy atom. The summed E-state index contributed by atoms with van der Waals surface area (Å²) in [5.41, 5.74) is 3.43.